The Kier molecular flexibility index (Phi) is 6.76. The van der Waals surface area contributed by atoms with E-state index in [0.29, 0.717) is 15.7 Å². The number of ether oxygens (including phenoxy) is 2. The van der Waals surface area contributed by atoms with Crippen molar-refractivity contribution in [2.45, 2.75) is 19.6 Å². The largest absolute Gasteiger partial charge is 0.449 e. The quantitative estimate of drug-likeness (QED) is 0.704. The Morgan fingerprint density at radius 2 is 1.73 bits per heavy atom. The van der Waals surface area contributed by atoms with Crippen molar-refractivity contribution in [3.05, 3.63) is 58.1 Å². The summed E-state index contributed by atoms with van der Waals surface area (Å²) in [5.74, 6) is -1.67. The molecule has 1 N–H and O–H groups in total. The summed E-state index contributed by atoms with van der Waals surface area (Å²) in [6.07, 6.45) is -1.15. The first-order valence-electron chi connectivity index (χ1n) is 7.27. The first-order chi connectivity index (χ1) is 12.2. The highest BCUT2D eigenvalue weighted by molar-refractivity contribution is 6.35. The summed E-state index contributed by atoms with van der Waals surface area (Å²) in [5, 5.41) is 3.16. The number of carbonyl (C=O) groups excluding carboxylic acids is 2. The summed E-state index contributed by atoms with van der Waals surface area (Å²) in [7, 11) is 0. The predicted octanol–water partition coefficient (Wildman–Crippen LogP) is 4.78. The van der Waals surface area contributed by atoms with Crippen LogP contribution in [0.15, 0.2) is 42.5 Å². The lowest BCUT2D eigenvalue weighted by Gasteiger charge is -2.14. The standard InChI is InChI=1S/C17H13Cl2F2NO4/c1-9(15(23)22-13-7-11(18)6-12(19)8-13)25-16(24)10-3-2-4-14(5-10)26-17(20)21/h2-9,17H,1H3,(H,22,23)/t9-/m1/s1. The molecule has 0 fully saturated rings. The summed E-state index contributed by atoms with van der Waals surface area (Å²) >= 11 is 11.7. The van der Waals surface area contributed by atoms with Crippen LogP contribution in [0.2, 0.25) is 10.0 Å². The highest BCUT2D eigenvalue weighted by atomic mass is 35.5. The van der Waals surface area contributed by atoms with Gasteiger partial charge in [0.2, 0.25) is 0 Å². The van der Waals surface area contributed by atoms with Crippen LogP contribution in [0.1, 0.15) is 17.3 Å². The van der Waals surface area contributed by atoms with Crippen LogP contribution >= 0.6 is 23.2 Å². The van der Waals surface area contributed by atoms with Crippen LogP contribution in [0, 0.1) is 0 Å². The molecule has 26 heavy (non-hydrogen) atoms. The monoisotopic (exact) mass is 403 g/mol. The Balaban J connectivity index is 2.00. The Labute approximate surface area is 157 Å². The van der Waals surface area contributed by atoms with Crippen molar-refractivity contribution in [3.63, 3.8) is 0 Å². The fourth-order valence-corrected chi connectivity index (χ4v) is 2.48. The van der Waals surface area contributed by atoms with Crippen molar-refractivity contribution < 1.29 is 27.8 Å². The second-order valence-electron chi connectivity index (χ2n) is 5.10. The van der Waals surface area contributed by atoms with Gasteiger partial charge in [-0.25, -0.2) is 4.79 Å². The van der Waals surface area contributed by atoms with E-state index in [9.17, 15) is 18.4 Å². The van der Waals surface area contributed by atoms with Gasteiger partial charge in [-0.1, -0.05) is 29.3 Å². The maximum Gasteiger partial charge on any atom is 0.387 e. The van der Waals surface area contributed by atoms with Gasteiger partial charge in [0.15, 0.2) is 6.10 Å². The SMILES string of the molecule is C[C@@H](OC(=O)c1cccc(OC(F)F)c1)C(=O)Nc1cc(Cl)cc(Cl)c1. The van der Waals surface area contributed by atoms with Gasteiger partial charge >= 0.3 is 12.6 Å². The molecule has 2 aromatic carbocycles. The molecule has 0 radical (unpaired) electrons. The summed E-state index contributed by atoms with van der Waals surface area (Å²) in [4.78, 5) is 24.2. The number of alkyl halides is 2. The number of hydrogen-bond acceptors (Lipinski definition) is 4. The van der Waals surface area contributed by atoms with Crippen LogP contribution in [0.5, 0.6) is 5.75 Å². The first kappa shape index (κ1) is 19.9. The summed E-state index contributed by atoms with van der Waals surface area (Å²) in [5.41, 5.74) is 0.302. The molecule has 0 aliphatic carbocycles. The topological polar surface area (TPSA) is 64.6 Å². The van der Waals surface area contributed by atoms with Gasteiger partial charge in [-0.3, -0.25) is 4.79 Å². The van der Waals surface area contributed by atoms with E-state index in [-0.39, 0.29) is 11.3 Å². The number of amides is 1. The third-order valence-electron chi connectivity index (χ3n) is 3.08. The lowest BCUT2D eigenvalue weighted by Crippen LogP contribution is -2.30. The minimum absolute atomic E-state index is 0.0337. The molecule has 0 aromatic heterocycles. The number of anilines is 1. The van der Waals surface area contributed by atoms with Crippen LogP contribution < -0.4 is 10.1 Å². The molecular formula is C17H13Cl2F2NO4. The fraction of sp³-hybridized carbons (Fsp3) is 0.176. The smallest absolute Gasteiger partial charge is 0.387 e. The number of rotatable bonds is 6. The molecule has 0 bridgehead atoms. The molecule has 1 atom stereocenters. The minimum atomic E-state index is -3.02. The lowest BCUT2D eigenvalue weighted by atomic mass is 10.2. The number of benzene rings is 2. The molecule has 1 amide bonds. The van der Waals surface area contributed by atoms with Crippen molar-refractivity contribution in [2.75, 3.05) is 5.32 Å². The molecule has 0 saturated carbocycles. The summed E-state index contributed by atoms with van der Waals surface area (Å²) in [6, 6.07) is 9.51. The van der Waals surface area contributed by atoms with Crippen LogP contribution in [-0.4, -0.2) is 24.6 Å². The zero-order valence-corrected chi connectivity index (χ0v) is 14.9. The molecule has 0 saturated heterocycles. The third-order valence-corrected chi connectivity index (χ3v) is 3.51. The zero-order chi connectivity index (χ0) is 19.3. The second-order valence-corrected chi connectivity index (χ2v) is 5.97. The van der Waals surface area contributed by atoms with Crippen molar-refractivity contribution in [3.8, 4) is 5.75 Å². The molecule has 2 rings (SSSR count). The molecule has 2 aromatic rings. The van der Waals surface area contributed by atoms with Gasteiger partial charge in [0.25, 0.3) is 5.91 Å². The first-order valence-corrected chi connectivity index (χ1v) is 8.03. The Morgan fingerprint density at radius 1 is 1.08 bits per heavy atom. The maximum absolute atomic E-state index is 12.2. The summed E-state index contributed by atoms with van der Waals surface area (Å²) in [6.45, 7) is -1.66. The van der Waals surface area contributed by atoms with Crippen molar-refractivity contribution in [2.24, 2.45) is 0 Å². The molecular weight excluding hydrogens is 391 g/mol. The molecule has 0 aliphatic rings. The molecule has 9 heteroatoms. The van der Waals surface area contributed by atoms with Gasteiger partial charge in [0.1, 0.15) is 5.75 Å². The molecule has 0 spiro atoms. The van der Waals surface area contributed by atoms with Crippen LogP contribution in [0.4, 0.5) is 14.5 Å². The van der Waals surface area contributed by atoms with E-state index in [2.05, 4.69) is 10.1 Å². The van der Waals surface area contributed by atoms with Crippen LogP contribution in [0.3, 0.4) is 0 Å². The van der Waals surface area contributed by atoms with Crippen molar-refractivity contribution in [1.82, 2.24) is 0 Å². The summed E-state index contributed by atoms with van der Waals surface area (Å²) < 4.78 is 33.7. The van der Waals surface area contributed by atoms with Gasteiger partial charge in [-0.15, -0.1) is 0 Å². The third kappa shape index (κ3) is 5.86. The van der Waals surface area contributed by atoms with Gasteiger partial charge in [0, 0.05) is 15.7 Å². The van der Waals surface area contributed by atoms with E-state index < -0.39 is 24.6 Å². The normalized spacial score (nSPS) is 11.8. The molecule has 0 heterocycles. The molecule has 5 nitrogen and oxygen atoms in total. The minimum Gasteiger partial charge on any atom is -0.449 e. The maximum atomic E-state index is 12.2. The zero-order valence-electron chi connectivity index (χ0n) is 13.3. The lowest BCUT2D eigenvalue weighted by molar-refractivity contribution is -0.123. The van der Waals surface area contributed by atoms with Gasteiger partial charge in [-0.05, 0) is 43.3 Å². The Hall–Kier alpha value is -2.38. The average molecular weight is 404 g/mol. The van der Waals surface area contributed by atoms with Crippen LogP contribution in [0.25, 0.3) is 0 Å². The average Bonchev–Trinajstić information content (AvgIpc) is 2.53. The van der Waals surface area contributed by atoms with E-state index in [1.807, 2.05) is 0 Å². The van der Waals surface area contributed by atoms with E-state index >= 15 is 0 Å². The predicted molar refractivity (Wildman–Crippen MR) is 93.0 cm³/mol. The van der Waals surface area contributed by atoms with Crippen LogP contribution in [-0.2, 0) is 9.53 Å². The van der Waals surface area contributed by atoms with Gasteiger partial charge in [0.05, 0.1) is 5.56 Å². The van der Waals surface area contributed by atoms with Crippen molar-refractivity contribution in [1.29, 1.82) is 0 Å². The van der Waals surface area contributed by atoms with E-state index in [1.165, 1.54) is 43.3 Å². The highest BCUT2D eigenvalue weighted by Gasteiger charge is 2.20. The molecule has 0 aliphatic heterocycles. The van der Waals surface area contributed by atoms with E-state index in [0.717, 1.165) is 6.07 Å². The fourth-order valence-electron chi connectivity index (χ4n) is 1.95. The number of esters is 1. The highest BCUT2D eigenvalue weighted by Crippen LogP contribution is 2.23. The number of hydrogen-bond donors (Lipinski definition) is 1. The number of nitrogens with one attached hydrogen (secondary N) is 1. The van der Waals surface area contributed by atoms with E-state index in [4.69, 9.17) is 27.9 Å². The number of halogens is 4. The van der Waals surface area contributed by atoms with Gasteiger partial charge < -0.3 is 14.8 Å². The number of carbonyl (C=O) groups is 2. The van der Waals surface area contributed by atoms with Gasteiger partial charge in [-0.2, -0.15) is 8.78 Å². The van der Waals surface area contributed by atoms with Crippen molar-refractivity contribution >= 4 is 40.8 Å². The van der Waals surface area contributed by atoms with E-state index in [1.54, 1.807) is 0 Å². The molecule has 0 unspecified atom stereocenters. The Morgan fingerprint density at radius 3 is 2.35 bits per heavy atom. The second kappa shape index (κ2) is 8.82. The Bertz CT molecular complexity index is 797. The molecule has 138 valence electrons.